The maximum atomic E-state index is 12.5. The number of nitrogens with one attached hydrogen (secondary N) is 2. The van der Waals surface area contributed by atoms with Gasteiger partial charge >= 0.3 is 23.9 Å². The first-order valence-electron chi connectivity index (χ1n) is 10.8. The number of carbonyl (C=O) groups is 5. The molecule has 0 aromatic heterocycles. The van der Waals surface area contributed by atoms with Crippen molar-refractivity contribution in [3.63, 3.8) is 0 Å². The minimum atomic E-state index is -1.28. The molecule has 0 unspecified atom stereocenters. The van der Waals surface area contributed by atoms with Gasteiger partial charge in [-0.1, -0.05) is 6.07 Å². The van der Waals surface area contributed by atoms with Gasteiger partial charge in [-0.25, -0.2) is 4.79 Å². The van der Waals surface area contributed by atoms with Crippen LogP contribution in [-0.4, -0.2) is 64.9 Å². The second-order valence-corrected chi connectivity index (χ2v) is 7.63. The zero-order valence-corrected chi connectivity index (χ0v) is 20.5. The van der Waals surface area contributed by atoms with E-state index >= 15 is 0 Å². The second kappa shape index (κ2) is 13.3. The van der Waals surface area contributed by atoms with Crippen LogP contribution >= 0.6 is 0 Å². The number of hydrogen-bond acceptors (Lipinski definition) is 12. The lowest BCUT2D eigenvalue weighted by molar-refractivity contribution is -0.384. The van der Waals surface area contributed by atoms with Gasteiger partial charge in [-0.15, -0.1) is 0 Å². The lowest BCUT2D eigenvalue weighted by Crippen LogP contribution is -2.41. The summed E-state index contributed by atoms with van der Waals surface area (Å²) in [7, 11) is 1.09. The molecule has 15 heteroatoms. The fourth-order valence-electron chi connectivity index (χ4n) is 3.15. The van der Waals surface area contributed by atoms with Crippen molar-refractivity contribution in [2.75, 3.05) is 25.6 Å². The van der Waals surface area contributed by atoms with E-state index in [2.05, 4.69) is 15.6 Å². The molecule has 0 spiro atoms. The molecule has 0 aliphatic heterocycles. The van der Waals surface area contributed by atoms with Gasteiger partial charge < -0.3 is 19.3 Å². The normalized spacial score (nSPS) is 10.3. The number of hydrazine groups is 1. The number of rotatable bonds is 12. The Labute approximate surface area is 215 Å². The van der Waals surface area contributed by atoms with Crippen molar-refractivity contribution in [2.45, 2.75) is 20.4 Å². The van der Waals surface area contributed by atoms with Crippen LogP contribution < -0.4 is 20.3 Å². The standard InChI is InChI=1S/C23H24N4O11/c1-13(28)37-21-15(4-9-18(23(33)36-3)22(21)38-14(2)29)10-26(12-20(31)32)11-19(30)25-24-16-5-7-17(8-6-16)27(34)35/h4-9,24H,10-12H2,1-3H3,(H,25,30)(H,31,32). The number of nitrogens with zero attached hydrogens (tertiary/aromatic N) is 2. The minimum Gasteiger partial charge on any atom is -0.480 e. The number of carboxylic acids is 1. The van der Waals surface area contributed by atoms with Gasteiger partial charge in [0.1, 0.15) is 5.56 Å². The number of esters is 3. The summed E-state index contributed by atoms with van der Waals surface area (Å²) in [5, 5.41) is 20.1. The number of methoxy groups -OCH3 is 1. The van der Waals surface area contributed by atoms with Gasteiger partial charge in [0.05, 0.1) is 30.8 Å². The third kappa shape index (κ3) is 8.56. The van der Waals surface area contributed by atoms with E-state index in [0.29, 0.717) is 5.69 Å². The zero-order chi connectivity index (χ0) is 28.4. The van der Waals surface area contributed by atoms with Crippen LogP contribution in [0.1, 0.15) is 29.8 Å². The summed E-state index contributed by atoms with van der Waals surface area (Å²) < 4.78 is 15.0. The molecule has 1 amide bonds. The van der Waals surface area contributed by atoms with Crippen molar-refractivity contribution in [1.82, 2.24) is 10.3 Å². The Morgan fingerprint density at radius 1 is 0.947 bits per heavy atom. The van der Waals surface area contributed by atoms with Crippen molar-refractivity contribution in [3.05, 3.63) is 57.6 Å². The molecule has 15 nitrogen and oxygen atoms in total. The number of anilines is 1. The topological polar surface area (TPSA) is 204 Å². The van der Waals surface area contributed by atoms with Crippen LogP contribution in [0.5, 0.6) is 11.5 Å². The van der Waals surface area contributed by atoms with Crippen LogP contribution in [0.25, 0.3) is 0 Å². The van der Waals surface area contributed by atoms with Crippen LogP contribution in [0.15, 0.2) is 36.4 Å². The largest absolute Gasteiger partial charge is 0.480 e. The van der Waals surface area contributed by atoms with Gasteiger partial charge in [-0.3, -0.25) is 45.0 Å². The highest BCUT2D eigenvalue weighted by atomic mass is 16.6. The third-order valence-electron chi connectivity index (χ3n) is 4.63. The van der Waals surface area contributed by atoms with Crippen LogP contribution in [-0.2, 0) is 30.5 Å². The molecule has 2 aromatic rings. The van der Waals surface area contributed by atoms with Gasteiger partial charge in [0.25, 0.3) is 11.6 Å². The smallest absolute Gasteiger partial charge is 0.341 e. The number of benzene rings is 2. The highest BCUT2D eigenvalue weighted by molar-refractivity contribution is 5.95. The second-order valence-electron chi connectivity index (χ2n) is 7.63. The van der Waals surface area contributed by atoms with Gasteiger partial charge in [-0.2, -0.15) is 0 Å². The summed E-state index contributed by atoms with van der Waals surface area (Å²) in [5.41, 5.74) is 4.98. The number of nitro benzene ring substituents is 1. The monoisotopic (exact) mass is 532 g/mol. The SMILES string of the molecule is COC(=O)c1ccc(CN(CC(=O)O)CC(=O)NNc2ccc([N+](=O)[O-])cc2)c(OC(C)=O)c1OC(C)=O. The Morgan fingerprint density at radius 2 is 1.55 bits per heavy atom. The van der Waals surface area contributed by atoms with Crippen molar-refractivity contribution >= 4 is 41.2 Å². The van der Waals surface area contributed by atoms with Crippen molar-refractivity contribution in [1.29, 1.82) is 0 Å². The summed E-state index contributed by atoms with van der Waals surface area (Å²) in [4.78, 5) is 70.9. The number of amides is 1. The number of ether oxygens (including phenoxy) is 3. The Morgan fingerprint density at radius 3 is 2.08 bits per heavy atom. The number of non-ortho nitro benzene ring substituents is 1. The molecule has 0 heterocycles. The number of carbonyl (C=O) groups excluding carboxylic acids is 4. The summed E-state index contributed by atoms with van der Waals surface area (Å²) in [5.74, 6) is -5.23. The van der Waals surface area contributed by atoms with Crippen LogP contribution in [0.4, 0.5) is 11.4 Å². The van der Waals surface area contributed by atoms with Gasteiger partial charge in [0, 0.05) is 38.1 Å². The minimum absolute atomic E-state index is 0.126. The van der Waals surface area contributed by atoms with E-state index in [9.17, 15) is 39.2 Å². The number of aliphatic carboxylic acids is 1. The molecule has 0 radical (unpaired) electrons. The van der Waals surface area contributed by atoms with Gasteiger partial charge in [-0.05, 0) is 18.2 Å². The summed E-state index contributed by atoms with van der Waals surface area (Å²) >= 11 is 0. The highest BCUT2D eigenvalue weighted by Gasteiger charge is 2.26. The zero-order valence-electron chi connectivity index (χ0n) is 20.5. The van der Waals surface area contributed by atoms with E-state index in [0.717, 1.165) is 21.0 Å². The van der Waals surface area contributed by atoms with Gasteiger partial charge in [0.2, 0.25) is 0 Å². The van der Waals surface area contributed by atoms with E-state index in [1.807, 2.05) is 0 Å². The average molecular weight is 532 g/mol. The van der Waals surface area contributed by atoms with Gasteiger partial charge in [0.15, 0.2) is 11.5 Å². The Kier molecular flexibility index (Phi) is 10.2. The molecule has 38 heavy (non-hydrogen) atoms. The first-order valence-corrected chi connectivity index (χ1v) is 10.8. The predicted molar refractivity (Wildman–Crippen MR) is 128 cm³/mol. The van der Waals surface area contributed by atoms with Crippen LogP contribution in [0.2, 0.25) is 0 Å². The first kappa shape index (κ1) is 29.2. The van der Waals surface area contributed by atoms with Crippen LogP contribution in [0.3, 0.4) is 0 Å². The highest BCUT2D eigenvalue weighted by Crippen LogP contribution is 2.37. The number of hydrogen-bond donors (Lipinski definition) is 3. The molecule has 3 N–H and O–H groups in total. The van der Waals surface area contributed by atoms with E-state index < -0.39 is 53.5 Å². The third-order valence-corrected chi connectivity index (χ3v) is 4.63. The molecule has 0 saturated heterocycles. The summed E-state index contributed by atoms with van der Waals surface area (Å²) in [6, 6.07) is 7.73. The molecule has 202 valence electrons. The Bertz CT molecular complexity index is 1240. The van der Waals surface area contributed by atoms with E-state index in [1.54, 1.807) is 0 Å². The molecule has 0 atom stereocenters. The molecule has 2 rings (SSSR count). The maximum absolute atomic E-state index is 12.5. The molecule has 0 aliphatic carbocycles. The van der Waals surface area contributed by atoms with Crippen molar-refractivity contribution in [2.24, 2.45) is 0 Å². The fraction of sp³-hybridized carbons (Fsp3) is 0.261. The molecular formula is C23H24N4O11. The molecule has 0 bridgehead atoms. The maximum Gasteiger partial charge on any atom is 0.341 e. The predicted octanol–water partition coefficient (Wildman–Crippen LogP) is 1.26. The lowest BCUT2D eigenvalue weighted by Gasteiger charge is -2.23. The van der Waals surface area contributed by atoms with E-state index in [4.69, 9.17) is 9.47 Å². The van der Waals surface area contributed by atoms with Crippen molar-refractivity contribution < 1.29 is 48.2 Å². The molecule has 2 aromatic carbocycles. The Hall–Kier alpha value is -5.05. The van der Waals surface area contributed by atoms with E-state index in [-0.39, 0.29) is 29.1 Å². The molecular weight excluding hydrogens is 508 g/mol. The Balaban J connectivity index is 2.30. The average Bonchev–Trinajstić information content (AvgIpc) is 2.83. The molecule has 0 aliphatic rings. The number of nitro groups is 1. The van der Waals surface area contributed by atoms with Crippen LogP contribution in [0, 0.1) is 10.1 Å². The number of carboxylic acid groups (broad SMARTS) is 1. The van der Waals surface area contributed by atoms with E-state index in [1.165, 1.54) is 41.3 Å². The molecule has 0 fully saturated rings. The fourth-order valence-corrected chi connectivity index (χ4v) is 3.15. The summed E-state index contributed by atoms with van der Waals surface area (Å²) in [6.45, 7) is 0.762. The molecule has 0 saturated carbocycles. The first-order chi connectivity index (χ1) is 17.9. The van der Waals surface area contributed by atoms with Crippen molar-refractivity contribution in [3.8, 4) is 11.5 Å². The lowest BCUT2D eigenvalue weighted by atomic mass is 10.1. The summed E-state index contributed by atoms with van der Waals surface area (Å²) in [6.07, 6.45) is 0. The quantitative estimate of drug-likeness (QED) is 0.153.